The first kappa shape index (κ1) is 14.3. The molecular weight excluding hydrogens is 269 g/mol. The summed E-state index contributed by atoms with van der Waals surface area (Å²) in [6, 6.07) is 9.93. The predicted molar refractivity (Wildman–Crippen MR) is 69.1 cm³/mol. The summed E-state index contributed by atoms with van der Waals surface area (Å²) in [6.07, 6.45) is -4.56. The molecule has 0 aliphatic heterocycles. The van der Waals surface area contributed by atoms with Crippen molar-refractivity contribution in [2.24, 2.45) is 5.73 Å². The fraction of sp³-hybridized carbons (Fsp3) is 0.214. The third kappa shape index (κ3) is 3.08. The van der Waals surface area contributed by atoms with Crippen molar-refractivity contribution >= 4 is 0 Å². The number of hydrogen-bond acceptors (Lipinski definition) is 2. The summed E-state index contributed by atoms with van der Waals surface area (Å²) in [5.41, 5.74) is 5.32. The van der Waals surface area contributed by atoms with Crippen molar-refractivity contribution in [2.45, 2.75) is 19.3 Å². The molecule has 1 aromatic heterocycles. The average Bonchev–Trinajstić information content (AvgIpc) is 2.40. The van der Waals surface area contributed by atoms with Gasteiger partial charge in [-0.2, -0.15) is 13.2 Å². The van der Waals surface area contributed by atoms with Gasteiger partial charge in [-0.05, 0) is 17.2 Å². The number of halogens is 3. The molecule has 1 heterocycles. The van der Waals surface area contributed by atoms with Gasteiger partial charge in [-0.1, -0.05) is 30.3 Å². The molecule has 106 valence electrons. The van der Waals surface area contributed by atoms with Crippen LogP contribution in [0, 0.1) is 0 Å². The summed E-state index contributed by atoms with van der Waals surface area (Å²) in [4.78, 5) is 11.7. The minimum Gasteiger partial charge on any atom is -0.326 e. The summed E-state index contributed by atoms with van der Waals surface area (Å²) in [5.74, 6) is 0. The highest BCUT2D eigenvalue weighted by Crippen LogP contribution is 2.28. The van der Waals surface area contributed by atoms with E-state index in [9.17, 15) is 18.0 Å². The Bertz CT molecular complexity index is 645. The molecule has 2 rings (SSSR count). The molecule has 0 aliphatic carbocycles. The molecule has 2 aromatic rings. The Kier molecular flexibility index (Phi) is 3.94. The number of alkyl halides is 3. The number of nitrogens with zero attached hydrogens (tertiary/aromatic N) is 1. The van der Waals surface area contributed by atoms with Gasteiger partial charge in [0.2, 0.25) is 0 Å². The zero-order valence-corrected chi connectivity index (χ0v) is 10.5. The van der Waals surface area contributed by atoms with Crippen LogP contribution in [-0.4, -0.2) is 4.57 Å². The van der Waals surface area contributed by atoms with Crippen LogP contribution < -0.4 is 11.3 Å². The fourth-order valence-electron chi connectivity index (χ4n) is 1.89. The summed E-state index contributed by atoms with van der Waals surface area (Å²) in [6.45, 7) is 0.235. The van der Waals surface area contributed by atoms with Crippen LogP contribution in [0.3, 0.4) is 0 Å². The molecule has 0 spiro atoms. The SMILES string of the molecule is NCc1ccc(Cn2c(C(F)(F)F)cccc2=O)cc1. The number of aromatic nitrogens is 1. The molecule has 0 radical (unpaired) electrons. The van der Waals surface area contributed by atoms with Crippen LogP contribution in [0.4, 0.5) is 13.2 Å². The minimum atomic E-state index is -4.56. The van der Waals surface area contributed by atoms with E-state index in [0.29, 0.717) is 12.1 Å². The van der Waals surface area contributed by atoms with E-state index in [1.54, 1.807) is 24.3 Å². The van der Waals surface area contributed by atoms with Crippen LogP contribution in [-0.2, 0) is 19.3 Å². The summed E-state index contributed by atoms with van der Waals surface area (Å²) >= 11 is 0. The quantitative estimate of drug-likeness (QED) is 0.939. The van der Waals surface area contributed by atoms with Gasteiger partial charge in [-0.3, -0.25) is 9.36 Å². The molecule has 0 saturated heterocycles. The van der Waals surface area contributed by atoms with Gasteiger partial charge in [0.25, 0.3) is 5.56 Å². The highest BCUT2D eigenvalue weighted by Gasteiger charge is 2.34. The molecule has 0 amide bonds. The lowest BCUT2D eigenvalue weighted by molar-refractivity contribution is -0.144. The topological polar surface area (TPSA) is 48.0 Å². The van der Waals surface area contributed by atoms with Crippen molar-refractivity contribution in [1.29, 1.82) is 0 Å². The van der Waals surface area contributed by atoms with E-state index in [1.165, 1.54) is 0 Å². The number of benzene rings is 1. The van der Waals surface area contributed by atoms with Gasteiger partial charge in [-0.15, -0.1) is 0 Å². The minimum absolute atomic E-state index is 0.126. The molecule has 2 N–H and O–H groups in total. The van der Waals surface area contributed by atoms with E-state index in [1.807, 2.05) is 0 Å². The lowest BCUT2D eigenvalue weighted by Crippen LogP contribution is -2.27. The van der Waals surface area contributed by atoms with Gasteiger partial charge in [0, 0.05) is 12.6 Å². The molecule has 0 saturated carbocycles. The van der Waals surface area contributed by atoms with Crippen LogP contribution in [0.25, 0.3) is 0 Å². The van der Waals surface area contributed by atoms with Crippen molar-refractivity contribution in [3.05, 3.63) is 69.6 Å². The number of nitrogens with two attached hydrogens (primary N) is 1. The van der Waals surface area contributed by atoms with Crippen LogP contribution in [0.2, 0.25) is 0 Å². The molecule has 0 bridgehead atoms. The maximum atomic E-state index is 12.9. The highest BCUT2D eigenvalue weighted by atomic mass is 19.4. The second kappa shape index (κ2) is 5.50. The third-order valence-corrected chi connectivity index (χ3v) is 2.94. The summed E-state index contributed by atoms with van der Waals surface area (Å²) in [5, 5.41) is 0. The van der Waals surface area contributed by atoms with Gasteiger partial charge in [0.15, 0.2) is 0 Å². The fourth-order valence-corrected chi connectivity index (χ4v) is 1.89. The standard InChI is InChI=1S/C14H13F3N2O/c15-14(16,17)12-2-1-3-13(20)19(12)9-11-6-4-10(8-18)5-7-11/h1-7H,8-9,18H2. The Hall–Kier alpha value is -2.08. The largest absolute Gasteiger partial charge is 0.431 e. The van der Waals surface area contributed by atoms with Gasteiger partial charge in [-0.25, -0.2) is 0 Å². The highest BCUT2D eigenvalue weighted by molar-refractivity contribution is 5.23. The number of rotatable bonds is 3. The van der Waals surface area contributed by atoms with E-state index < -0.39 is 17.4 Å². The molecule has 0 aliphatic rings. The van der Waals surface area contributed by atoms with Crippen molar-refractivity contribution in [3.63, 3.8) is 0 Å². The van der Waals surface area contributed by atoms with Gasteiger partial charge < -0.3 is 5.73 Å². The second-order valence-corrected chi connectivity index (χ2v) is 4.35. The molecule has 1 aromatic carbocycles. The molecule has 0 unspecified atom stereocenters. The maximum Gasteiger partial charge on any atom is 0.431 e. The molecule has 6 heteroatoms. The van der Waals surface area contributed by atoms with Crippen LogP contribution in [0.5, 0.6) is 0 Å². The Morgan fingerprint density at radius 2 is 1.60 bits per heavy atom. The molecule has 20 heavy (non-hydrogen) atoms. The van der Waals surface area contributed by atoms with E-state index in [2.05, 4.69) is 0 Å². The third-order valence-electron chi connectivity index (χ3n) is 2.94. The van der Waals surface area contributed by atoms with Crippen LogP contribution in [0.15, 0.2) is 47.3 Å². The normalized spacial score (nSPS) is 11.6. The van der Waals surface area contributed by atoms with Crippen molar-refractivity contribution in [3.8, 4) is 0 Å². The zero-order chi connectivity index (χ0) is 14.8. The monoisotopic (exact) mass is 282 g/mol. The summed E-state index contributed by atoms with van der Waals surface area (Å²) in [7, 11) is 0. The Balaban J connectivity index is 2.40. The van der Waals surface area contributed by atoms with E-state index in [0.717, 1.165) is 28.3 Å². The van der Waals surface area contributed by atoms with Gasteiger partial charge in [0.05, 0.1) is 6.54 Å². The lowest BCUT2D eigenvalue weighted by atomic mass is 10.1. The Morgan fingerprint density at radius 1 is 1.00 bits per heavy atom. The number of hydrogen-bond donors (Lipinski definition) is 1. The van der Waals surface area contributed by atoms with Crippen LogP contribution >= 0.6 is 0 Å². The first-order valence-electron chi connectivity index (χ1n) is 5.97. The Labute approximate surface area is 113 Å². The van der Waals surface area contributed by atoms with Gasteiger partial charge in [0.1, 0.15) is 5.69 Å². The Morgan fingerprint density at radius 3 is 2.15 bits per heavy atom. The molecule has 0 fully saturated rings. The van der Waals surface area contributed by atoms with E-state index in [-0.39, 0.29) is 6.54 Å². The number of pyridine rings is 1. The zero-order valence-electron chi connectivity index (χ0n) is 10.5. The van der Waals surface area contributed by atoms with E-state index >= 15 is 0 Å². The first-order chi connectivity index (χ1) is 9.41. The van der Waals surface area contributed by atoms with Crippen molar-refractivity contribution < 1.29 is 13.2 Å². The second-order valence-electron chi connectivity index (χ2n) is 4.35. The van der Waals surface area contributed by atoms with Gasteiger partial charge >= 0.3 is 6.18 Å². The maximum absolute atomic E-state index is 12.9. The smallest absolute Gasteiger partial charge is 0.326 e. The van der Waals surface area contributed by atoms with Crippen molar-refractivity contribution in [1.82, 2.24) is 4.57 Å². The molecular formula is C14H13F3N2O. The average molecular weight is 282 g/mol. The van der Waals surface area contributed by atoms with E-state index in [4.69, 9.17) is 5.73 Å². The summed E-state index contributed by atoms with van der Waals surface area (Å²) < 4.78 is 39.3. The first-order valence-corrected chi connectivity index (χ1v) is 5.97. The van der Waals surface area contributed by atoms with Crippen molar-refractivity contribution in [2.75, 3.05) is 0 Å². The molecule has 0 atom stereocenters. The lowest BCUT2D eigenvalue weighted by Gasteiger charge is -2.15. The molecule has 3 nitrogen and oxygen atoms in total. The predicted octanol–water partition coefficient (Wildman–Crippen LogP) is 2.37. The van der Waals surface area contributed by atoms with Crippen LogP contribution in [0.1, 0.15) is 16.8 Å².